The predicted octanol–water partition coefficient (Wildman–Crippen LogP) is 6.15. The van der Waals surface area contributed by atoms with Crippen LogP contribution in [0.5, 0.6) is 0 Å². The number of aryl methyl sites for hydroxylation is 2. The summed E-state index contributed by atoms with van der Waals surface area (Å²) in [7, 11) is 0. The van der Waals surface area contributed by atoms with Gasteiger partial charge >= 0.3 is 0 Å². The lowest BCUT2D eigenvalue weighted by molar-refractivity contribution is 0.209. The third kappa shape index (κ3) is 4.40. The van der Waals surface area contributed by atoms with E-state index < -0.39 is 0 Å². The molecule has 3 heterocycles. The molecule has 0 aliphatic carbocycles. The van der Waals surface area contributed by atoms with E-state index in [0.717, 1.165) is 55.3 Å². The summed E-state index contributed by atoms with van der Waals surface area (Å²) in [5, 5.41) is 3.59. The van der Waals surface area contributed by atoms with E-state index in [1.807, 2.05) is 12.4 Å². The summed E-state index contributed by atoms with van der Waals surface area (Å²) >= 11 is 0. The van der Waals surface area contributed by atoms with Gasteiger partial charge in [0, 0.05) is 56.0 Å². The van der Waals surface area contributed by atoms with Crippen molar-refractivity contribution in [2.75, 3.05) is 36.4 Å². The normalized spacial score (nSPS) is 14.8. The average molecular weight is 454 g/mol. The minimum Gasteiger partial charge on any atom is -0.369 e. The smallest absolute Gasteiger partial charge is 0.161 e. The number of aromatic nitrogens is 2. The van der Waals surface area contributed by atoms with Gasteiger partial charge in [-0.15, -0.1) is 0 Å². The van der Waals surface area contributed by atoms with Gasteiger partial charge in [-0.1, -0.05) is 19.1 Å². The molecule has 0 amide bonds. The number of benzene rings is 2. The molecule has 1 saturated heterocycles. The van der Waals surface area contributed by atoms with Crippen LogP contribution in [0.25, 0.3) is 16.9 Å². The van der Waals surface area contributed by atoms with Gasteiger partial charge in [0.25, 0.3) is 0 Å². The van der Waals surface area contributed by atoms with Crippen LogP contribution in [0, 0.1) is 6.92 Å². The van der Waals surface area contributed by atoms with E-state index in [0.29, 0.717) is 6.04 Å². The van der Waals surface area contributed by atoms with E-state index in [9.17, 15) is 0 Å². The van der Waals surface area contributed by atoms with Crippen molar-refractivity contribution in [3.63, 3.8) is 0 Å². The van der Waals surface area contributed by atoms with E-state index in [2.05, 4.69) is 107 Å². The molecule has 2 aromatic carbocycles. The van der Waals surface area contributed by atoms with Crippen LogP contribution in [0.2, 0.25) is 0 Å². The molecule has 4 aromatic rings. The van der Waals surface area contributed by atoms with Crippen molar-refractivity contribution >= 4 is 22.7 Å². The van der Waals surface area contributed by atoms with E-state index >= 15 is 0 Å². The Kier molecular flexibility index (Phi) is 6.29. The molecular weight excluding hydrogens is 418 g/mol. The van der Waals surface area contributed by atoms with E-state index in [4.69, 9.17) is 0 Å². The summed E-state index contributed by atoms with van der Waals surface area (Å²) in [6, 6.07) is 20.5. The van der Waals surface area contributed by atoms with Gasteiger partial charge in [0.2, 0.25) is 0 Å². The number of imidazole rings is 1. The first-order valence-corrected chi connectivity index (χ1v) is 12.5. The topological polar surface area (TPSA) is 35.8 Å². The number of piperazine rings is 1. The van der Waals surface area contributed by atoms with Gasteiger partial charge < -0.3 is 10.2 Å². The van der Waals surface area contributed by atoms with Gasteiger partial charge in [0.1, 0.15) is 0 Å². The zero-order chi connectivity index (χ0) is 23.7. The minimum atomic E-state index is 0.624. The third-order valence-corrected chi connectivity index (χ3v) is 7.13. The van der Waals surface area contributed by atoms with Crippen LogP contribution < -0.4 is 10.2 Å². The maximum Gasteiger partial charge on any atom is 0.161 e. The lowest BCUT2D eigenvalue weighted by Gasteiger charge is -2.38. The molecule has 34 heavy (non-hydrogen) atoms. The summed E-state index contributed by atoms with van der Waals surface area (Å²) in [6.45, 7) is 13.4. The van der Waals surface area contributed by atoms with Crippen LogP contribution in [-0.4, -0.2) is 46.5 Å². The lowest BCUT2D eigenvalue weighted by Crippen LogP contribution is -2.48. The Balaban J connectivity index is 1.35. The van der Waals surface area contributed by atoms with E-state index in [1.165, 1.54) is 22.4 Å². The monoisotopic (exact) mass is 453 g/mol. The molecule has 5 nitrogen and oxygen atoms in total. The molecule has 1 aliphatic rings. The maximum absolute atomic E-state index is 4.66. The number of nitrogens with zero attached hydrogens (tertiary/aromatic N) is 4. The van der Waals surface area contributed by atoms with Crippen molar-refractivity contribution in [3.05, 3.63) is 78.1 Å². The third-order valence-electron chi connectivity index (χ3n) is 7.13. The number of rotatable bonds is 6. The van der Waals surface area contributed by atoms with Crippen LogP contribution in [0.1, 0.15) is 31.9 Å². The molecule has 5 heteroatoms. The number of hydrogen-bond donors (Lipinski definition) is 1. The van der Waals surface area contributed by atoms with Crippen molar-refractivity contribution in [3.8, 4) is 11.3 Å². The summed E-state index contributed by atoms with van der Waals surface area (Å²) in [5.74, 6) is 0. The van der Waals surface area contributed by atoms with E-state index in [1.54, 1.807) is 0 Å². The van der Waals surface area contributed by atoms with Crippen molar-refractivity contribution in [1.29, 1.82) is 0 Å². The Bertz CT molecular complexity index is 1260. The zero-order valence-corrected chi connectivity index (χ0v) is 20.8. The first kappa shape index (κ1) is 22.5. The fourth-order valence-electron chi connectivity index (χ4n) is 4.97. The van der Waals surface area contributed by atoms with Crippen molar-refractivity contribution < 1.29 is 0 Å². The highest BCUT2D eigenvalue weighted by atomic mass is 15.3. The highest BCUT2D eigenvalue weighted by molar-refractivity contribution is 5.78. The number of pyridine rings is 1. The molecule has 2 aromatic heterocycles. The second-order valence-electron chi connectivity index (χ2n) is 9.54. The molecule has 5 rings (SSSR count). The fraction of sp³-hybridized carbons (Fsp3) is 0.345. The first-order valence-electron chi connectivity index (χ1n) is 12.5. The van der Waals surface area contributed by atoms with Gasteiger partial charge in [-0.3, -0.25) is 9.30 Å². The summed E-state index contributed by atoms with van der Waals surface area (Å²) in [4.78, 5) is 9.69. The van der Waals surface area contributed by atoms with Crippen molar-refractivity contribution in [2.45, 2.75) is 40.2 Å². The number of fused-ring (bicyclic) bond motifs is 1. The van der Waals surface area contributed by atoms with Crippen molar-refractivity contribution in [2.24, 2.45) is 0 Å². The Labute approximate surface area is 203 Å². The second kappa shape index (κ2) is 9.51. The molecule has 0 unspecified atom stereocenters. The molecule has 0 atom stereocenters. The predicted molar refractivity (Wildman–Crippen MR) is 143 cm³/mol. The Hall–Kier alpha value is -3.31. The summed E-state index contributed by atoms with van der Waals surface area (Å²) < 4.78 is 2.18. The maximum atomic E-state index is 4.66. The van der Waals surface area contributed by atoms with Crippen LogP contribution in [0.4, 0.5) is 17.1 Å². The quantitative estimate of drug-likeness (QED) is 0.380. The fourth-order valence-corrected chi connectivity index (χ4v) is 4.97. The molecule has 1 fully saturated rings. The van der Waals surface area contributed by atoms with Crippen LogP contribution >= 0.6 is 0 Å². The van der Waals surface area contributed by atoms with E-state index in [-0.39, 0.29) is 0 Å². The number of hydrogen-bond acceptors (Lipinski definition) is 4. The Morgan fingerprint density at radius 2 is 1.71 bits per heavy atom. The molecule has 176 valence electrons. The molecule has 1 N–H and O–H groups in total. The van der Waals surface area contributed by atoms with Crippen LogP contribution in [0.3, 0.4) is 0 Å². The standard InChI is InChI=1S/C29H35N5/c1-5-23-20-24(7-6-22(23)4)28-13-12-27(29-30-14-15-34(28)29)31-25-8-10-26(11-9-25)33-18-16-32(17-19-33)21(2)3/h6-15,20-21,31H,5,16-19H2,1-4H3. The Morgan fingerprint density at radius 1 is 0.941 bits per heavy atom. The number of anilines is 3. The highest BCUT2D eigenvalue weighted by Crippen LogP contribution is 2.29. The van der Waals surface area contributed by atoms with Crippen molar-refractivity contribution in [1.82, 2.24) is 14.3 Å². The molecule has 1 aliphatic heterocycles. The van der Waals surface area contributed by atoms with Gasteiger partial charge in [-0.25, -0.2) is 4.98 Å². The van der Waals surface area contributed by atoms with Gasteiger partial charge in [-0.2, -0.15) is 0 Å². The minimum absolute atomic E-state index is 0.624. The molecule has 0 radical (unpaired) electrons. The summed E-state index contributed by atoms with van der Waals surface area (Å²) in [5.41, 5.74) is 9.42. The largest absolute Gasteiger partial charge is 0.369 e. The zero-order valence-electron chi connectivity index (χ0n) is 20.8. The molecule has 0 saturated carbocycles. The Morgan fingerprint density at radius 3 is 2.41 bits per heavy atom. The molecular formula is C29H35N5. The molecule has 0 bridgehead atoms. The van der Waals surface area contributed by atoms with Gasteiger partial charge in [0.05, 0.1) is 11.4 Å². The average Bonchev–Trinajstić information content (AvgIpc) is 3.36. The molecule has 0 spiro atoms. The van der Waals surface area contributed by atoms with Gasteiger partial charge in [-0.05, 0) is 86.3 Å². The SMILES string of the molecule is CCc1cc(-c2ccc(Nc3ccc(N4CCN(C(C)C)CC4)cc3)c3nccn23)ccc1C. The van der Waals surface area contributed by atoms with Gasteiger partial charge in [0.15, 0.2) is 5.65 Å². The highest BCUT2D eigenvalue weighted by Gasteiger charge is 2.19. The second-order valence-corrected chi connectivity index (χ2v) is 9.54. The summed E-state index contributed by atoms with van der Waals surface area (Å²) in [6.07, 6.45) is 4.95. The van der Waals surface area contributed by atoms with Crippen LogP contribution in [0.15, 0.2) is 67.0 Å². The lowest BCUT2D eigenvalue weighted by atomic mass is 10.0. The number of nitrogens with one attached hydrogen (secondary N) is 1. The first-order chi connectivity index (χ1) is 16.5. The van der Waals surface area contributed by atoms with Crippen LogP contribution in [-0.2, 0) is 6.42 Å².